The molecule has 6 nitrogen and oxygen atoms in total. The van der Waals surface area contributed by atoms with Gasteiger partial charge in [-0.1, -0.05) is 13.8 Å². The van der Waals surface area contributed by atoms with Gasteiger partial charge in [0.2, 0.25) is 0 Å². The molecule has 114 valence electrons. The maximum Gasteiger partial charge on any atom is 0.330 e. The summed E-state index contributed by atoms with van der Waals surface area (Å²) in [6, 6.07) is 2.08. The van der Waals surface area contributed by atoms with Crippen LogP contribution < -0.4 is 22.3 Å². The molecule has 0 aromatic carbocycles. The normalized spacial score (nSPS) is 10.8. The van der Waals surface area contributed by atoms with Gasteiger partial charge in [-0.25, -0.2) is 4.79 Å². The van der Waals surface area contributed by atoms with E-state index in [1.54, 1.807) is 11.3 Å². The highest BCUT2D eigenvalue weighted by Gasteiger charge is 2.12. The van der Waals surface area contributed by atoms with Crippen LogP contribution in [0.3, 0.4) is 0 Å². The summed E-state index contributed by atoms with van der Waals surface area (Å²) in [5.74, 6) is 0.195. The minimum atomic E-state index is -0.473. The molecule has 0 spiro atoms. The van der Waals surface area contributed by atoms with Gasteiger partial charge in [0.05, 0.1) is 0 Å². The monoisotopic (exact) mass is 308 g/mol. The quantitative estimate of drug-likeness (QED) is 0.758. The van der Waals surface area contributed by atoms with Crippen LogP contribution in [-0.4, -0.2) is 9.55 Å². The maximum atomic E-state index is 11.9. The van der Waals surface area contributed by atoms with Gasteiger partial charge in [0.15, 0.2) is 0 Å². The Bertz CT molecular complexity index is 729. The molecule has 21 heavy (non-hydrogen) atoms. The second kappa shape index (κ2) is 6.62. The van der Waals surface area contributed by atoms with E-state index >= 15 is 0 Å². The first kappa shape index (κ1) is 15.4. The van der Waals surface area contributed by atoms with E-state index in [-0.39, 0.29) is 11.5 Å². The summed E-state index contributed by atoms with van der Waals surface area (Å²) in [7, 11) is 0. The lowest BCUT2D eigenvalue weighted by Crippen LogP contribution is -2.34. The van der Waals surface area contributed by atoms with Crippen LogP contribution in [0.2, 0.25) is 0 Å². The molecule has 0 saturated carbocycles. The first-order valence-corrected chi connectivity index (χ1v) is 7.88. The Hall–Kier alpha value is -2.02. The third-order valence-electron chi connectivity index (χ3n) is 3.33. The highest BCUT2D eigenvalue weighted by atomic mass is 32.1. The SMILES string of the molecule is CCCn1c(N)c(NCc2sccc2CC)c(=O)[nH]c1=O. The van der Waals surface area contributed by atoms with Gasteiger partial charge < -0.3 is 11.1 Å². The Kier molecular flexibility index (Phi) is 4.85. The van der Waals surface area contributed by atoms with Crippen LogP contribution in [0.4, 0.5) is 11.5 Å². The number of hydrogen-bond acceptors (Lipinski definition) is 5. The van der Waals surface area contributed by atoms with Gasteiger partial charge in [0, 0.05) is 18.0 Å². The zero-order valence-electron chi connectivity index (χ0n) is 12.2. The molecule has 0 aliphatic heterocycles. The summed E-state index contributed by atoms with van der Waals surface area (Å²) in [6.07, 6.45) is 1.71. The molecule has 7 heteroatoms. The van der Waals surface area contributed by atoms with Crippen molar-refractivity contribution in [3.05, 3.63) is 42.7 Å². The molecule has 0 radical (unpaired) electrons. The molecule has 0 bridgehead atoms. The fourth-order valence-corrected chi connectivity index (χ4v) is 3.13. The van der Waals surface area contributed by atoms with E-state index in [0.29, 0.717) is 13.1 Å². The minimum Gasteiger partial charge on any atom is -0.383 e. The topological polar surface area (TPSA) is 92.9 Å². The molecule has 0 unspecified atom stereocenters. The smallest absolute Gasteiger partial charge is 0.330 e. The van der Waals surface area contributed by atoms with E-state index in [0.717, 1.165) is 12.8 Å². The zero-order chi connectivity index (χ0) is 15.4. The number of anilines is 2. The number of aryl methyl sites for hydroxylation is 1. The van der Waals surface area contributed by atoms with Crippen molar-refractivity contribution in [1.29, 1.82) is 0 Å². The number of aromatic nitrogens is 2. The van der Waals surface area contributed by atoms with E-state index in [1.165, 1.54) is 15.0 Å². The van der Waals surface area contributed by atoms with Gasteiger partial charge in [0.1, 0.15) is 11.5 Å². The molecule has 2 aromatic heterocycles. The molecule has 0 aliphatic rings. The Balaban J connectivity index is 2.30. The molecule has 4 N–H and O–H groups in total. The van der Waals surface area contributed by atoms with Crippen LogP contribution in [0.15, 0.2) is 21.0 Å². The third-order valence-corrected chi connectivity index (χ3v) is 4.29. The summed E-state index contributed by atoms with van der Waals surface area (Å²) >= 11 is 1.64. The van der Waals surface area contributed by atoms with E-state index in [9.17, 15) is 9.59 Å². The Morgan fingerprint density at radius 3 is 2.81 bits per heavy atom. The Labute approximate surface area is 126 Å². The summed E-state index contributed by atoms with van der Waals surface area (Å²) in [5.41, 5.74) is 6.55. The van der Waals surface area contributed by atoms with Gasteiger partial charge in [-0.2, -0.15) is 0 Å². The van der Waals surface area contributed by atoms with E-state index < -0.39 is 11.2 Å². The second-order valence-corrected chi connectivity index (χ2v) is 5.75. The minimum absolute atomic E-state index is 0.195. The van der Waals surface area contributed by atoms with Crippen molar-refractivity contribution in [2.75, 3.05) is 11.1 Å². The number of H-pyrrole nitrogens is 1. The van der Waals surface area contributed by atoms with Crippen molar-refractivity contribution in [2.24, 2.45) is 0 Å². The predicted molar refractivity (Wildman–Crippen MR) is 87.0 cm³/mol. The molecule has 0 atom stereocenters. The van der Waals surface area contributed by atoms with E-state index in [2.05, 4.69) is 23.3 Å². The van der Waals surface area contributed by atoms with Gasteiger partial charge >= 0.3 is 5.69 Å². The summed E-state index contributed by atoms with van der Waals surface area (Å²) in [4.78, 5) is 27.1. The standard InChI is InChI=1S/C14H20N4O2S/c1-3-6-18-12(15)11(13(19)17-14(18)20)16-8-10-9(4-2)5-7-21-10/h5,7,16H,3-4,6,8,15H2,1-2H3,(H,17,19,20). The molecule has 0 fully saturated rings. The van der Waals surface area contributed by atoms with Crippen molar-refractivity contribution in [1.82, 2.24) is 9.55 Å². The number of rotatable bonds is 6. The highest BCUT2D eigenvalue weighted by molar-refractivity contribution is 7.10. The largest absolute Gasteiger partial charge is 0.383 e. The first-order valence-electron chi connectivity index (χ1n) is 7.00. The number of nitrogen functional groups attached to an aromatic ring is 1. The maximum absolute atomic E-state index is 11.9. The zero-order valence-corrected chi connectivity index (χ0v) is 13.0. The van der Waals surface area contributed by atoms with Crippen molar-refractivity contribution in [2.45, 2.75) is 39.8 Å². The first-order chi connectivity index (χ1) is 10.1. The van der Waals surface area contributed by atoms with Gasteiger partial charge in [0.25, 0.3) is 5.56 Å². The van der Waals surface area contributed by atoms with Crippen molar-refractivity contribution < 1.29 is 0 Å². The second-order valence-electron chi connectivity index (χ2n) is 4.75. The van der Waals surface area contributed by atoms with E-state index in [1.807, 2.05) is 12.3 Å². The predicted octanol–water partition coefficient (Wildman–Crippen LogP) is 1.76. The van der Waals surface area contributed by atoms with Gasteiger partial charge in [-0.05, 0) is 29.9 Å². The van der Waals surface area contributed by atoms with Crippen LogP contribution >= 0.6 is 11.3 Å². The van der Waals surface area contributed by atoms with Crippen LogP contribution in [0.1, 0.15) is 30.7 Å². The number of thiophene rings is 1. The Morgan fingerprint density at radius 2 is 2.14 bits per heavy atom. The lowest BCUT2D eigenvalue weighted by Gasteiger charge is -2.13. The van der Waals surface area contributed by atoms with Crippen molar-refractivity contribution >= 4 is 22.8 Å². The lowest BCUT2D eigenvalue weighted by molar-refractivity contribution is 0.642. The molecule has 0 aliphatic carbocycles. The molecule has 2 rings (SSSR count). The van der Waals surface area contributed by atoms with Crippen LogP contribution in [0.25, 0.3) is 0 Å². The van der Waals surface area contributed by atoms with Gasteiger partial charge in [-0.15, -0.1) is 11.3 Å². The molecular formula is C14H20N4O2S. The number of aromatic amines is 1. The highest BCUT2D eigenvalue weighted by Crippen LogP contribution is 2.19. The van der Waals surface area contributed by atoms with Crippen molar-refractivity contribution in [3.63, 3.8) is 0 Å². The molecule has 0 saturated heterocycles. The van der Waals surface area contributed by atoms with Crippen LogP contribution in [0.5, 0.6) is 0 Å². The molecule has 2 aromatic rings. The fourth-order valence-electron chi connectivity index (χ4n) is 2.21. The van der Waals surface area contributed by atoms with E-state index in [4.69, 9.17) is 5.73 Å². The summed E-state index contributed by atoms with van der Waals surface area (Å²) < 4.78 is 1.39. The number of nitrogens with two attached hydrogens (primary N) is 1. The summed E-state index contributed by atoms with van der Waals surface area (Å²) in [5, 5.41) is 5.10. The van der Waals surface area contributed by atoms with Crippen LogP contribution in [-0.2, 0) is 19.5 Å². The average Bonchev–Trinajstić information content (AvgIpc) is 2.90. The number of nitrogens with zero attached hydrogens (tertiary/aromatic N) is 1. The Morgan fingerprint density at radius 1 is 1.38 bits per heavy atom. The number of nitrogens with one attached hydrogen (secondary N) is 2. The molecule has 0 amide bonds. The van der Waals surface area contributed by atoms with Crippen LogP contribution in [0, 0.1) is 0 Å². The fraction of sp³-hybridized carbons (Fsp3) is 0.429. The van der Waals surface area contributed by atoms with Gasteiger partial charge in [-0.3, -0.25) is 14.3 Å². The molecule has 2 heterocycles. The lowest BCUT2D eigenvalue weighted by atomic mass is 10.2. The average molecular weight is 308 g/mol. The summed E-state index contributed by atoms with van der Waals surface area (Å²) in [6.45, 7) is 5.05. The third kappa shape index (κ3) is 3.18. The number of hydrogen-bond donors (Lipinski definition) is 3. The van der Waals surface area contributed by atoms with Crippen molar-refractivity contribution in [3.8, 4) is 0 Å². The molecular weight excluding hydrogens is 288 g/mol.